The molecule has 0 saturated heterocycles. The lowest BCUT2D eigenvalue weighted by Gasteiger charge is -2.29. The molecule has 0 saturated carbocycles. The molecule has 1 rings (SSSR count). The maximum atomic E-state index is 13.1. The van der Waals surface area contributed by atoms with Crippen molar-refractivity contribution in [1.29, 1.82) is 0 Å². The van der Waals surface area contributed by atoms with E-state index in [2.05, 4.69) is 0 Å². The molecule has 134 valence electrons. The molecule has 0 aliphatic heterocycles. The van der Waals surface area contributed by atoms with Crippen molar-refractivity contribution in [1.82, 2.24) is 4.31 Å². The molecule has 0 fully saturated rings. The van der Waals surface area contributed by atoms with Crippen molar-refractivity contribution in [3.63, 3.8) is 0 Å². The monoisotopic (exact) mass is 378 g/mol. The standard InChI is InChI=1S/C13H18F4N2O2S.ClH/c1-12(2,7-18)8-19(3)22(20,21)11-5-4-9(14)6-10(11)13(15,16)17;/h4-6H,7-8,18H2,1-3H3;1H. The minimum Gasteiger partial charge on any atom is -0.330 e. The van der Waals surface area contributed by atoms with Gasteiger partial charge in [0, 0.05) is 13.6 Å². The van der Waals surface area contributed by atoms with E-state index in [0.717, 1.165) is 11.4 Å². The molecular weight excluding hydrogens is 360 g/mol. The Morgan fingerprint density at radius 1 is 1.22 bits per heavy atom. The van der Waals surface area contributed by atoms with Gasteiger partial charge in [-0.3, -0.25) is 0 Å². The summed E-state index contributed by atoms with van der Waals surface area (Å²) in [6.07, 6.45) is -4.98. The van der Waals surface area contributed by atoms with E-state index in [-0.39, 0.29) is 31.6 Å². The van der Waals surface area contributed by atoms with E-state index in [1.54, 1.807) is 13.8 Å². The van der Waals surface area contributed by atoms with Crippen LogP contribution in [0.1, 0.15) is 19.4 Å². The zero-order valence-corrected chi connectivity index (χ0v) is 14.4. The number of hydrogen-bond donors (Lipinski definition) is 1. The molecule has 0 aliphatic carbocycles. The highest BCUT2D eigenvalue weighted by molar-refractivity contribution is 7.89. The summed E-state index contributed by atoms with van der Waals surface area (Å²) in [6.45, 7) is 3.46. The summed E-state index contributed by atoms with van der Waals surface area (Å²) in [7, 11) is -3.26. The SMILES string of the molecule is CN(CC(C)(C)CN)S(=O)(=O)c1ccc(F)cc1C(F)(F)F.Cl. The van der Waals surface area contributed by atoms with Crippen LogP contribution in [0.3, 0.4) is 0 Å². The smallest absolute Gasteiger partial charge is 0.330 e. The Bertz CT molecular complexity index is 648. The van der Waals surface area contributed by atoms with Gasteiger partial charge in [0.2, 0.25) is 10.0 Å². The van der Waals surface area contributed by atoms with Gasteiger partial charge in [-0.25, -0.2) is 17.1 Å². The van der Waals surface area contributed by atoms with Crippen molar-refractivity contribution in [2.24, 2.45) is 11.1 Å². The van der Waals surface area contributed by atoms with E-state index in [1.165, 1.54) is 0 Å². The van der Waals surface area contributed by atoms with Crippen LogP contribution >= 0.6 is 12.4 Å². The number of nitrogens with two attached hydrogens (primary N) is 1. The molecular formula is C13H19ClF4N2O2S. The first-order chi connectivity index (χ1) is 9.81. The lowest BCUT2D eigenvalue weighted by molar-refractivity contribution is -0.140. The largest absolute Gasteiger partial charge is 0.417 e. The number of benzene rings is 1. The van der Waals surface area contributed by atoms with E-state index in [1.807, 2.05) is 0 Å². The van der Waals surface area contributed by atoms with Crippen molar-refractivity contribution >= 4 is 22.4 Å². The van der Waals surface area contributed by atoms with Gasteiger partial charge in [-0.05, 0) is 30.2 Å². The number of nitrogens with zero attached hydrogens (tertiary/aromatic N) is 1. The molecule has 0 unspecified atom stereocenters. The third kappa shape index (κ3) is 5.30. The third-order valence-corrected chi connectivity index (χ3v) is 5.00. The summed E-state index contributed by atoms with van der Waals surface area (Å²) in [4.78, 5) is -0.975. The Kier molecular flexibility index (Phi) is 7.04. The number of sulfonamides is 1. The molecule has 0 atom stereocenters. The van der Waals surface area contributed by atoms with Crippen LogP contribution in [0.4, 0.5) is 17.6 Å². The van der Waals surface area contributed by atoms with Crippen LogP contribution in [0, 0.1) is 11.2 Å². The van der Waals surface area contributed by atoms with E-state index in [4.69, 9.17) is 5.73 Å². The summed E-state index contributed by atoms with van der Waals surface area (Å²) >= 11 is 0. The van der Waals surface area contributed by atoms with Crippen LogP contribution in [0.15, 0.2) is 23.1 Å². The average Bonchev–Trinajstić information content (AvgIpc) is 2.36. The predicted molar refractivity (Wildman–Crippen MR) is 81.3 cm³/mol. The second kappa shape index (κ2) is 7.33. The zero-order chi connectivity index (χ0) is 17.3. The molecule has 2 N–H and O–H groups in total. The highest BCUT2D eigenvalue weighted by atomic mass is 35.5. The lowest BCUT2D eigenvalue weighted by Crippen LogP contribution is -2.40. The normalized spacial score (nSPS) is 13.1. The predicted octanol–water partition coefficient (Wildman–Crippen LogP) is 2.87. The van der Waals surface area contributed by atoms with Crippen LogP contribution in [-0.2, 0) is 16.2 Å². The van der Waals surface area contributed by atoms with Crippen molar-refractivity contribution in [2.45, 2.75) is 24.9 Å². The Balaban J connectivity index is 0.00000484. The summed E-state index contributed by atoms with van der Waals surface area (Å²) in [5.41, 5.74) is 3.37. The van der Waals surface area contributed by atoms with Crippen LogP contribution < -0.4 is 5.73 Å². The van der Waals surface area contributed by atoms with Crippen molar-refractivity contribution in [3.05, 3.63) is 29.6 Å². The molecule has 0 bridgehead atoms. The van der Waals surface area contributed by atoms with Gasteiger partial charge in [0.25, 0.3) is 0 Å². The van der Waals surface area contributed by atoms with E-state index in [9.17, 15) is 26.0 Å². The summed E-state index contributed by atoms with van der Waals surface area (Å²) in [6, 6.07) is 1.48. The molecule has 0 aromatic heterocycles. The van der Waals surface area contributed by atoms with Crippen LogP contribution in [-0.4, -0.2) is 32.9 Å². The van der Waals surface area contributed by atoms with Gasteiger partial charge in [-0.2, -0.15) is 13.2 Å². The first-order valence-corrected chi connectivity index (χ1v) is 7.78. The fourth-order valence-corrected chi connectivity index (χ4v) is 3.42. The van der Waals surface area contributed by atoms with Gasteiger partial charge in [0.15, 0.2) is 0 Å². The second-order valence-corrected chi connectivity index (χ2v) is 7.78. The summed E-state index contributed by atoms with van der Waals surface area (Å²) < 4.78 is 77.5. The van der Waals surface area contributed by atoms with Gasteiger partial charge in [0.05, 0.1) is 10.5 Å². The van der Waals surface area contributed by atoms with Crippen LogP contribution in [0.25, 0.3) is 0 Å². The molecule has 1 aromatic rings. The van der Waals surface area contributed by atoms with Crippen LogP contribution in [0.2, 0.25) is 0 Å². The molecule has 0 amide bonds. The first-order valence-electron chi connectivity index (χ1n) is 6.34. The number of rotatable bonds is 5. The van der Waals surface area contributed by atoms with Gasteiger partial charge in [-0.1, -0.05) is 13.8 Å². The number of halogens is 5. The van der Waals surface area contributed by atoms with Crippen molar-refractivity contribution < 1.29 is 26.0 Å². The molecule has 0 heterocycles. The molecule has 10 heteroatoms. The maximum Gasteiger partial charge on any atom is 0.417 e. The van der Waals surface area contributed by atoms with Gasteiger partial charge in [0.1, 0.15) is 5.82 Å². The van der Waals surface area contributed by atoms with E-state index in [0.29, 0.717) is 12.1 Å². The fraction of sp³-hybridized carbons (Fsp3) is 0.538. The van der Waals surface area contributed by atoms with E-state index >= 15 is 0 Å². The number of hydrogen-bond acceptors (Lipinski definition) is 3. The zero-order valence-electron chi connectivity index (χ0n) is 12.8. The highest BCUT2D eigenvalue weighted by Gasteiger charge is 2.39. The lowest BCUT2D eigenvalue weighted by atomic mass is 9.94. The molecule has 0 aliphatic rings. The van der Waals surface area contributed by atoms with Crippen molar-refractivity contribution in [2.75, 3.05) is 20.1 Å². The molecule has 1 aromatic carbocycles. The quantitative estimate of drug-likeness (QED) is 0.801. The van der Waals surface area contributed by atoms with Gasteiger partial charge < -0.3 is 5.73 Å². The Hall–Kier alpha value is -0.900. The summed E-state index contributed by atoms with van der Waals surface area (Å²) in [5.74, 6) is -1.16. The third-order valence-electron chi connectivity index (χ3n) is 3.14. The minimum atomic E-state index is -4.98. The Morgan fingerprint density at radius 3 is 2.17 bits per heavy atom. The molecule has 0 radical (unpaired) electrons. The first kappa shape index (κ1) is 22.1. The highest BCUT2D eigenvalue weighted by Crippen LogP contribution is 2.36. The maximum absolute atomic E-state index is 13.1. The number of alkyl halides is 3. The topological polar surface area (TPSA) is 63.4 Å². The van der Waals surface area contributed by atoms with Crippen LogP contribution in [0.5, 0.6) is 0 Å². The fourth-order valence-electron chi connectivity index (χ4n) is 1.87. The summed E-state index contributed by atoms with van der Waals surface area (Å²) in [5, 5.41) is 0. The van der Waals surface area contributed by atoms with E-state index < -0.39 is 37.9 Å². The molecule has 0 spiro atoms. The molecule has 4 nitrogen and oxygen atoms in total. The molecule has 23 heavy (non-hydrogen) atoms. The van der Waals surface area contributed by atoms with Gasteiger partial charge >= 0.3 is 6.18 Å². The van der Waals surface area contributed by atoms with Crippen molar-refractivity contribution in [3.8, 4) is 0 Å². The van der Waals surface area contributed by atoms with Gasteiger partial charge in [-0.15, -0.1) is 12.4 Å². The second-order valence-electron chi connectivity index (χ2n) is 5.77. The Morgan fingerprint density at radius 2 is 1.74 bits per heavy atom. The average molecular weight is 379 g/mol. The minimum absolute atomic E-state index is 0. The Labute approximate surface area is 139 Å².